The molecule has 2 heterocycles. The molecule has 90 valence electrons. The van der Waals surface area contributed by atoms with Crippen molar-refractivity contribution in [2.45, 2.75) is 0 Å². The van der Waals surface area contributed by atoms with E-state index in [1.807, 2.05) is 12.1 Å². The predicted molar refractivity (Wildman–Crippen MR) is 68.7 cm³/mol. The average Bonchev–Trinajstić information content (AvgIpc) is 2.85. The van der Waals surface area contributed by atoms with Crippen molar-refractivity contribution in [3.05, 3.63) is 35.9 Å². The normalized spacial score (nSPS) is 10.8. The lowest BCUT2D eigenvalue weighted by Crippen LogP contribution is -1.91. The molecule has 1 N–H and O–H groups in total. The van der Waals surface area contributed by atoms with Gasteiger partial charge in [0.1, 0.15) is 6.33 Å². The summed E-state index contributed by atoms with van der Waals surface area (Å²) in [6, 6.07) is 5.40. The van der Waals surface area contributed by atoms with Crippen molar-refractivity contribution >= 4 is 22.6 Å². The summed E-state index contributed by atoms with van der Waals surface area (Å²) in [4.78, 5) is 15.5. The summed E-state index contributed by atoms with van der Waals surface area (Å²) >= 11 is 6.08. The molecule has 0 aliphatic carbocycles. The molecule has 6 heteroatoms. The lowest BCUT2D eigenvalue weighted by Gasteiger charge is -2.04. The van der Waals surface area contributed by atoms with Crippen molar-refractivity contribution in [3.63, 3.8) is 0 Å². The highest BCUT2D eigenvalue weighted by Gasteiger charge is 2.10. The summed E-state index contributed by atoms with van der Waals surface area (Å²) in [7, 11) is 1.56. The number of imidazole rings is 1. The van der Waals surface area contributed by atoms with Gasteiger partial charge in [0, 0.05) is 16.7 Å². The summed E-state index contributed by atoms with van der Waals surface area (Å²) in [5, 5.41) is 0.624. The van der Waals surface area contributed by atoms with Crippen molar-refractivity contribution in [3.8, 4) is 17.1 Å². The maximum absolute atomic E-state index is 6.08. The number of nitrogens with one attached hydrogen (secondary N) is 1. The molecule has 0 atom stereocenters. The molecular formula is C12H9ClN4O. The van der Waals surface area contributed by atoms with Crippen LogP contribution in [0.2, 0.25) is 5.02 Å². The lowest BCUT2D eigenvalue weighted by molar-refractivity contribution is 0.397. The van der Waals surface area contributed by atoms with E-state index in [2.05, 4.69) is 19.9 Å². The Morgan fingerprint density at radius 1 is 1.17 bits per heavy atom. The fourth-order valence-electron chi connectivity index (χ4n) is 1.81. The van der Waals surface area contributed by atoms with Crippen LogP contribution in [0.5, 0.6) is 5.88 Å². The number of hydrogen-bond donors (Lipinski definition) is 1. The lowest BCUT2D eigenvalue weighted by atomic mass is 10.1. The van der Waals surface area contributed by atoms with Crippen LogP contribution in [0.4, 0.5) is 0 Å². The topological polar surface area (TPSA) is 63.7 Å². The summed E-state index contributed by atoms with van der Waals surface area (Å²) in [5.41, 5.74) is 3.26. The van der Waals surface area contributed by atoms with E-state index < -0.39 is 0 Å². The molecule has 0 unspecified atom stereocenters. The first-order valence-electron chi connectivity index (χ1n) is 5.27. The fraction of sp³-hybridized carbons (Fsp3) is 0.0833. The molecule has 0 saturated heterocycles. The van der Waals surface area contributed by atoms with Gasteiger partial charge in [0.25, 0.3) is 0 Å². The first-order chi connectivity index (χ1) is 8.78. The van der Waals surface area contributed by atoms with Crippen molar-refractivity contribution in [2.75, 3.05) is 7.11 Å². The standard InChI is InChI=1S/C12H9ClN4O/c1-18-11-4-9(14-5-16-11)8-2-7(13)3-10-12(8)17-6-15-10/h2-6H,1H3,(H,15,17). The van der Waals surface area contributed by atoms with Gasteiger partial charge in [-0.05, 0) is 12.1 Å². The number of aromatic nitrogens is 4. The highest BCUT2D eigenvalue weighted by atomic mass is 35.5. The zero-order chi connectivity index (χ0) is 12.5. The summed E-state index contributed by atoms with van der Waals surface area (Å²) in [6.07, 6.45) is 3.08. The van der Waals surface area contributed by atoms with Gasteiger partial charge in [-0.3, -0.25) is 0 Å². The van der Waals surface area contributed by atoms with Crippen LogP contribution in [0.25, 0.3) is 22.3 Å². The molecule has 0 saturated carbocycles. The van der Waals surface area contributed by atoms with Gasteiger partial charge < -0.3 is 9.72 Å². The molecule has 3 aromatic rings. The van der Waals surface area contributed by atoms with Crippen LogP contribution in [0.1, 0.15) is 0 Å². The number of nitrogens with zero attached hydrogens (tertiary/aromatic N) is 3. The highest BCUT2D eigenvalue weighted by molar-refractivity contribution is 6.31. The molecule has 0 aliphatic heterocycles. The number of halogens is 1. The van der Waals surface area contributed by atoms with E-state index >= 15 is 0 Å². The Kier molecular flexibility index (Phi) is 2.60. The molecule has 0 bridgehead atoms. The van der Waals surface area contributed by atoms with E-state index in [4.69, 9.17) is 16.3 Å². The fourth-order valence-corrected chi connectivity index (χ4v) is 2.03. The van der Waals surface area contributed by atoms with Crippen molar-refractivity contribution < 1.29 is 4.74 Å². The van der Waals surface area contributed by atoms with E-state index in [-0.39, 0.29) is 0 Å². The van der Waals surface area contributed by atoms with E-state index in [1.165, 1.54) is 6.33 Å². The number of ether oxygens (including phenoxy) is 1. The van der Waals surface area contributed by atoms with E-state index in [0.29, 0.717) is 10.9 Å². The molecular weight excluding hydrogens is 252 g/mol. The van der Waals surface area contributed by atoms with Gasteiger partial charge in [-0.25, -0.2) is 15.0 Å². The van der Waals surface area contributed by atoms with E-state index in [1.54, 1.807) is 19.5 Å². The van der Waals surface area contributed by atoms with E-state index in [0.717, 1.165) is 22.3 Å². The molecule has 0 fully saturated rings. The zero-order valence-corrected chi connectivity index (χ0v) is 10.3. The molecule has 0 aliphatic rings. The predicted octanol–water partition coefficient (Wildman–Crippen LogP) is 2.68. The molecule has 0 radical (unpaired) electrons. The highest BCUT2D eigenvalue weighted by Crippen LogP contribution is 2.29. The van der Waals surface area contributed by atoms with E-state index in [9.17, 15) is 0 Å². The number of hydrogen-bond acceptors (Lipinski definition) is 4. The molecule has 5 nitrogen and oxygen atoms in total. The Morgan fingerprint density at radius 3 is 2.89 bits per heavy atom. The minimum Gasteiger partial charge on any atom is -0.481 e. The first-order valence-corrected chi connectivity index (χ1v) is 5.65. The largest absolute Gasteiger partial charge is 0.481 e. The van der Waals surface area contributed by atoms with Gasteiger partial charge >= 0.3 is 0 Å². The molecule has 0 spiro atoms. The van der Waals surface area contributed by atoms with Crippen LogP contribution in [0.3, 0.4) is 0 Å². The van der Waals surface area contributed by atoms with Crippen LogP contribution < -0.4 is 4.74 Å². The van der Waals surface area contributed by atoms with Crippen LogP contribution >= 0.6 is 11.6 Å². The molecule has 3 rings (SSSR count). The quantitative estimate of drug-likeness (QED) is 0.769. The van der Waals surface area contributed by atoms with Crippen LogP contribution in [-0.2, 0) is 0 Å². The van der Waals surface area contributed by atoms with Crippen LogP contribution in [0.15, 0.2) is 30.9 Å². The zero-order valence-electron chi connectivity index (χ0n) is 9.51. The van der Waals surface area contributed by atoms with Crippen molar-refractivity contribution in [1.82, 2.24) is 19.9 Å². The third kappa shape index (κ3) is 1.78. The van der Waals surface area contributed by atoms with Gasteiger partial charge in [-0.15, -0.1) is 0 Å². The minimum absolute atomic E-state index is 0.503. The van der Waals surface area contributed by atoms with Gasteiger partial charge in [-0.1, -0.05) is 11.6 Å². The van der Waals surface area contributed by atoms with Crippen LogP contribution in [0, 0.1) is 0 Å². The number of aromatic amines is 1. The first kappa shape index (κ1) is 11.0. The molecule has 0 amide bonds. The maximum atomic E-state index is 6.08. The third-order valence-electron chi connectivity index (χ3n) is 2.62. The monoisotopic (exact) mass is 260 g/mol. The SMILES string of the molecule is COc1cc(-c2cc(Cl)cc3[nH]cnc23)ncn1. The maximum Gasteiger partial charge on any atom is 0.216 e. The Labute approximate surface area is 108 Å². The Bertz CT molecular complexity index is 710. The van der Waals surface area contributed by atoms with Gasteiger partial charge in [0.05, 0.1) is 30.2 Å². The second-order valence-electron chi connectivity index (χ2n) is 3.70. The Balaban J connectivity index is 2.26. The van der Waals surface area contributed by atoms with Gasteiger partial charge in [-0.2, -0.15) is 0 Å². The summed E-state index contributed by atoms with van der Waals surface area (Å²) in [6.45, 7) is 0. The Hall–Kier alpha value is -2.14. The number of H-pyrrole nitrogens is 1. The molecule has 18 heavy (non-hydrogen) atoms. The van der Waals surface area contributed by atoms with Gasteiger partial charge in [0.2, 0.25) is 5.88 Å². The summed E-state index contributed by atoms with van der Waals surface area (Å²) < 4.78 is 5.09. The second kappa shape index (κ2) is 4.27. The Morgan fingerprint density at radius 2 is 2.06 bits per heavy atom. The molecule has 1 aromatic carbocycles. The minimum atomic E-state index is 0.503. The number of rotatable bonds is 2. The van der Waals surface area contributed by atoms with Crippen LogP contribution in [-0.4, -0.2) is 27.0 Å². The van der Waals surface area contributed by atoms with Crippen molar-refractivity contribution in [1.29, 1.82) is 0 Å². The smallest absolute Gasteiger partial charge is 0.216 e. The second-order valence-corrected chi connectivity index (χ2v) is 4.13. The summed E-state index contributed by atoms with van der Waals surface area (Å²) in [5.74, 6) is 0.503. The average molecular weight is 261 g/mol. The number of benzene rings is 1. The van der Waals surface area contributed by atoms with Gasteiger partial charge in [0.15, 0.2) is 0 Å². The number of methoxy groups -OCH3 is 1. The van der Waals surface area contributed by atoms with Crippen molar-refractivity contribution in [2.24, 2.45) is 0 Å². The molecule has 2 aromatic heterocycles. The number of fused-ring (bicyclic) bond motifs is 1. The third-order valence-corrected chi connectivity index (χ3v) is 2.83.